The highest BCUT2D eigenvalue weighted by atomic mass is 35.5. The Kier molecular flexibility index (Phi) is 10.6. The number of halogens is 3. The quantitative estimate of drug-likeness (QED) is 0.268. The summed E-state index contributed by atoms with van der Waals surface area (Å²) in [6.07, 6.45) is 5.00. The van der Waals surface area contributed by atoms with Gasteiger partial charge in [0.1, 0.15) is 12.6 Å². The van der Waals surface area contributed by atoms with E-state index in [4.69, 9.17) is 34.8 Å². The Balaban J connectivity index is 1.66. The van der Waals surface area contributed by atoms with Gasteiger partial charge in [-0.25, -0.2) is 8.42 Å². The molecule has 0 radical (unpaired) electrons. The third-order valence-electron chi connectivity index (χ3n) is 7.18. The second kappa shape index (κ2) is 13.9. The first kappa shape index (κ1) is 31.2. The molecule has 1 aliphatic rings. The van der Waals surface area contributed by atoms with E-state index in [0.29, 0.717) is 26.3 Å². The van der Waals surface area contributed by atoms with Crippen LogP contribution in [-0.4, -0.2) is 43.8 Å². The summed E-state index contributed by atoms with van der Waals surface area (Å²) in [4.78, 5) is 28.8. The van der Waals surface area contributed by atoms with Crippen molar-refractivity contribution in [1.29, 1.82) is 0 Å². The highest BCUT2D eigenvalue weighted by molar-refractivity contribution is 7.92. The summed E-state index contributed by atoms with van der Waals surface area (Å²) in [6, 6.07) is 18.3. The molecule has 3 aromatic rings. The van der Waals surface area contributed by atoms with Gasteiger partial charge in [0.2, 0.25) is 11.8 Å². The topological polar surface area (TPSA) is 86.8 Å². The monoisotopic (exact) mass is 635 g/mol. The molecule has 7 nitrogen and oxygen atoms in total. The lowest BCUT2D eigenvalue weighted by Gasteiger charge is -2.33. The maximum absolute atomic E-state index is 14.0. The molecule has 1 N–H and O–H groups in total. The number of benzene rings is 3. The van der Waals surface area contributed by atoms with Crippen LogP contribution >= 0.6 is 34.8 Å². The molecule has 0 unspecified atom stereocenters. The second-order valence-corrected chi connectivity index (χ2v) is 13.2. The predicted octanol–water partition coefficient (Wildman–Crippen LogP) is 6.71. The maximum atomic E-state index is 14.0. The Morgan fingerprint density at radius 3 is 2.20 bits per heavy atom. The zero-order valence-electron chi connectivity index (χ0n) is 22.6. The second-order valence-electron chi connectivity index (χ2n) is 10.1. The van der Waals surface area contributed by atoms with E-state index in [1.54, 1.807) is 55.5 Å². The van der Waals surface area contributed by atoms with Crippen LogP contribution in [0.2, 0.25) is 15.1 Å². The molecular weight excluding hydrogens is 605 g/mol. The fourth-order valence-electron chi connectivity index (χ4n) is 4.84. The van der Waals surface area contributed by atoms with Crippen LogP contribution in [0.15, 0.2) is 77.7 Å². The largest absolute Gasteiger partial charge is 0.352 e. The third-order valence-corrected chi connectivity index (χ3v) is 9.96. The summed E-state index contributed by atoms with van der Waals surface area (Å²) < 4.78 is 28.7. The summed E-state index contributed by atoms with van der Waals surface area (Å²) >= 11 is 18.3. The van der Waals surface area contributed by atoms with E-state index in [0.717, 1.165) is 36.4 Å². The summed E-state index contributed by atoms with van der Waals surface area (Å²) in [6.45, 7) is 1.14. The van der Waals surface area contributed by atoms with Crippen molar-refractivity contribution in [3.05, 3.63) is 93.4 Å². The first-order valence-electron chi connectivity index (χ1n) is 13.4. The van der Waals surface area contributed by atoms with Crippen molar-refractivity contribution in [2.75, 3.05) is 10.8 Å². The number of nitrogens with zero attached hydrogens (tertiary/aromatic N) is 2. The summed E-state index contributed by atoms with van der Waals surface area (Å²) in [7, 11) is -4.17. The predicted molar refractivity (Wildman–Crippen MR) is 164 cm³/mol. The smallest absolute Gasteiger partial charge is 0.264 e. The molecule has 2 amide bonds. The molecule has 0 spiro atoms. The van der Waals surface area contributed by atoms with E-state index >= 15 is 0 Å². The Morgan fingerprint density at radius 1 is 0.902 bits per heavy atom. The SMILES string of the molecule is C[C@@H](C(=O)NC1CCCCC1)N(Cc1ccc(Cl)c(Cl)c1)C(=O)CN(c1ccccc1)S(=O)(=O)c1ccc(Cl)cc1. The molecule has 1 fully saturated rings. The van der Waals surface area contributed by atoms with Crippen molar-refractivity contribution in [3.63, 3.8) is 0 Å². The molecule has 0 saturated heterocycles. The van der Waals surface area contributed by atoms with Crippen LogP contribution in [0.1, 0.15) is 44.6 Å². The molecule has 1 atom stereocenters. The van der Waals surface area contributed by atoms with Gasteiger partial charge in [0.25, 0.3) is 10.0 Å². The van der Waals surface area contributed by atoms with E-state index < -0.39 is 28.5 Å². The van der Waals surface area contributed by atoms with Crippen LogP contribution in [0, 0.1) is 0 Å². The number of hydrogen-bond donors (Lipinski definition) is 1. The molecule has 0 heterocycles. The molecule has 3 aromatic carbocycles. The van der Waals surface area contributed by atoms with Gasteiger partial charge in [-0.05, 0) is 73.9 Å². The first-order chi connectivity index (χ1) is 19.6. The van der Waals surface area contributed by atoms with Crippen LogP contribution in [0.25, 0.3) is 0 Å². The molecular formula is C30H32Cl3N3O4S. The van der Waals surface area contributed by atoms with Gasteiger partial charge in [-0.15, -0.1) is 0 Å². The third kappa shape index (κ3) is 7.95. The summed E-state index contributed by atoms with van der Waals surface area (Å²) in [5.41, 5.74) is 0.960. The fourth-order valence-corrected chi connectivity index (χ4v) is 6.70. The number of carbonyl (C=O) groups is 2. The highest BCUT2D eigenvalue weighted by Gasteiger charge is 2.33. The molecule has 0 aliphatic heterocycles. The summed E-state index contributed by atoms with van der Waals surface area (Å²) in [5.74, 6) is -0.846. The van der Waals surface area contributed by atoms with Gasteiger partial charge in [0.15, 0.2) is 0 Å². The Hall–Kier alpha value is -2.78. The van der Waals surface area contributed by atoms with Gasteiger partial charge < -0.3 is 10.2 Å². The molecule has 4 rings (SSSR count). The lowest BCUT2D eigenvalue weighted by atomic mass is 9.95. The normalized spacial score (nSPS) is 14.7. The number of carbonyl (C=O) groups excluding carboxylic acids is 2. The van der Waals surface area contributed by atoms with Gasteiger partial charge in [0.05, 0.1) is 20.6 Å². The number of anilines is 1. The number of para-hydroxylation sites is 1. The maximum Gasteiger partial charge on any atom is 0.264 e. The first-order valence-corrected chi connectivity index (χ1v) is 16.0. The van der Waals surface area contributed by atoms with Gasteiger partial charge in [0, 0.05) is 17.6 Å². The van der Waals surface area contributed by atoms with E-state index in [-0.39, 0.29) is 23.4 Å². The van der Waals surface area contributed by atoms with Crippen molar-refractivity contribution in [2.24, 2.45) is 0 Å². The molecule has 0 bridgehead atoms. The number of hydrogen-bond acceptors (Lipinski definition) is 4. The molecule has 0 aromatic heterocycles. The average Bonchev–Trinajstić information content (AvgIpc) is 2.97. The molecule has 1 aliphatic carbocycles. The van der Waals surface area contributed by atoms with E-state index in [1.807, 2.05) is 0 Å². The van der Waals surface area contributed by atoms with E-state index in [9.17, 15) is 18.0 Å². The van der Waals surface area contributed by atoms with Gasteiger partial charge in [-0.2, -0.15) is 0 Å². The van der Waals surface area contributed by atoms with Crippen molar-refractivity contribution < 1.29 is 18.0 Å². The number of sulfonamides is 1. The van der Waals surface area contributed by atoms with Crippen molar-refractivity contribution in [2.45, 2.75) is 62.6 Å². The minimum absolute atomic E-state index is 0.0160. The molecule has 1 saturated carbocycles. The van der Waals surface area contributed by atoms with Crippen LogP contribution in [0.5, 0.6) is 0 Å². The van der Waals surface area contributed by atoms with E-state index in [1.165, 1.54) is 29.2 Å². The molecule has 11 heteroatoms. The molecule has 41 heavy (non-hydrogen) atoms. The number of nitrogens with one attached hydrogen (secondary N) is 1. The standard InChI is InChI=1S/C30H32Cl3N3O4S/c1-21(30(38)34-24-8-4-2-5-9-24)35(19-22-12-17-27(32)28(33)18-22)29(37)20-36(25-10-6-3-7-11-25)41(39,40)26-15-13-23(31)14-16-26/h3,6-7,10-18,21,24H,2,4-5,8-9,19-20H2,1H3,(H,34,38)/t21-/m0/s1. The zero-order chi connectivity index (χ0) is 29.6. The average molecular weight is 637 g/mol. The summed E-state index contributed by atoms with van der Waals surface area (Å²) in [5, 5.41) is 4.14. The van der Waals surface area contributed by atoms with Crippen molar-refractivity contribution in [3.8, 4) is 0 Å². The fraction of sp³-hybridized carbons (Fsp3) is 0.333. The minimum Gasteiger partial charge on any atom is -0.352 e. The number of rotatable bonds is 10. The van der Waals surface area contributed by atoms with Crippen molar-refractivity contribution >= 4 is 62.3 Å². The van der Waals surface area contributed by atoms with Crippen LogP contribution in [0.3, 0.4) is 0 Å². The van der Waals surface area contributed by atoms with Crippen molar-refractivity contribution in [1.82, 2.24) is 10.2 Å². The van der Waals surface area contributed by atoms with Gasteiger partial charge in [-0.3, -0.25) is 13.9 Å². The van der Waals surface area contributed by atoms with Crippen LogP contribution in [0.4, 0.5) is 5.69 Å². The highest BCUT2D eigenvalue weighted by Crippen LogP contribution is 2.27. The van der Waals surface area contributed by atoms with Crippen LogP contribution < -0.4 is 9.62 Å². The Labute approximate surface area is 256 Å². The lowest BCUT2D eigenvalue weighted by molar-refractivity contribution is -0.139. The van der Waals surface area contributed by atoms with Gasteiger partial charge >= 0.3 is 0 Å². The zero-order valence-corrected chi connectivity index (χ0v) is 25.7. The minimum atomic E-state index is -4.17. The Morgan fingerprint density at radius 2 is 1.56 bits per heavy atom. The van der Waals surface area contributed by atoms with Crippen LogP contribution in [-0.2, 0) is 26.2 Å². The molecule has 218 valence electrons. The Bertz CT molecular complexity index is 1460. The lowest BCUT2D eigenvalue weighted by Crippen LogP contribution is -2.53. The van der Waals surface area contributed by atoms with E-state index in [2.05, 4.69) is 5.32 Å². The number of amides is 2. The van der Waals surface area contributed by atoms with Gasteiger partial charge in [-0.1, -0.05) is 78.3 Å².